The van der Waals surface area contributed by atoms with Gasteiger partial charge in [-0.15, -0.1) is 0 Å². The zero-order chi connectivity index (χ0) is 19.6. The molecule has 2 aliphatic rings. The predicted octanol–water partition coefficient (Wildman–Crippen LogP) is 4.22. The fourth-order valence-corrected chi connectivity index (χ4v) is 4.13. The van der Waals surface area contributed by atoms with Crippen LogP contribution in [0.4, 0.5) is 0 Å². The Kier molecular flexibility index (Phi) is 4.68. The molecule has 3 heterocycles. The van der Waals surface area contributed by atoms with Crippen LogP contribution in [0.15, 0.2) is 54.6 Å². The zero-order valence-corrected chi connectivity index (χ0v) is 16.1. The van der Waals surface area contributed by atoms with Crippen LogP contribution in [-0.2, 0) is 0 Å². The van der Waals surface area contributed by atoms with Gasteiger partial charge in [-0.3, -0.25) is 9.89 Å². The van der Waals surface area contributed by atoms with Gasteiger partial charge in [0.25, 0.3) is 5.91 Å². The summed E-state index contributed by atoms with van der Waals surface area (Å²) < 4.78 is 10.8. The molecule has 0 aliphatic carbocycles. The van der Waals surface area contributed by atoms with Gasteiger partial charge in [-0.05, 0) is 42.7 Å². The van der Waals surface area contributed by atoms with E-state index in [9.17, 15) is 4.79 Å². The lowest BCUT2D eigenvalue weighted by atomic mass is 9.94. The smallest absolute Gasteiger partial charge is 0.271 e. The standard InChI is InChI=1S/C23H23N3O3/c27-23(26-11-5-4-8-18(14-26)16-6-2-1-3-7-16)20-13-19(24-25-20)17-9-10-21-22(12-17)29-15-28-21/h1-3,6-7,9-10,12-13,18H,4-5,8,11,14-15H2,(H,24,25)/t18-/m1/s1. The molecule has 2 aliphatic heterocycles. The summed E-state index contributed by atoms with van der Waals surface area (Å²) in [4.78, 5) is 15.1. The average molecular weight is 389 g/mol. The van der Waals surface area contributed by atoms with Crippen molar-refractivity contribution in [3.05, 3.63) is 65.9 Å². The Labute approximate surface area is 169 Å². The van der Waals surface area contributed by atoms with E-state index < -0.39 is 0 Å². The molecule has 0 bridgehead atoms. The van der Waals surface area contributed by atoms with Crippen LogP contribution in [0.3, 0.4) is 0 Å². The van der Waals surface area contributed by atoms with Crippen molar-refractivity contribution in [1.29, 1.82) is 0 Å². The number of aromatic nitrogens is 2. The monoisotopic (exact) mass is 389 g/mol. The van der Waals surface area contributed by atoms with E-state index in [0.29, 0.717) is 17.4 Å². The molecule has 0 unspecified atom stereocenters. The number of likely N-dealkylation sites (tertiary alicyclic amines) is 1. The number of aromatic amines is 1. The molecular weight excluding hydrogens is 366 g/mol. The molecule has 6 nitrogen and oxygen atoms in total. The van der Waals surface area contributed by atoms with E-state index in [0.717, 1.165) is 49.4 Å². The second-order valence-electron chi connectivity index (χ2n) is 7.59. The average Bonchev–Trinajstić information content (AvgIpc) is 3.37. The minimum Gasteiger partial charge on any atom is -0.454 e. The van der Waals surface area contributed by atoms with Gasteiger partial charge in [0.15, 0.2) is 11.5 Å². The Balaban J connectivity index is 1.35. The Morgan fingerprint density at radius 1 is 1.03 bits per heavy atom. The summed E-state index contributed by atoms with van der Waals surface area (Å²) in [5.41, 5.74) is 3.44. The summed E-state index contributed by atoms with van der Waals surface area (Å²) in [6.07, 6.45) is 3.27. The number of amides is 1. The number of rotatable bonds is 3. The molecule has 3 aromatic rings. The van der Waals surface area contributed by atoms with Gasteiger partial charge in [0, 0.05) is 24.6 Å². The van der Waals surface area contributed by atoms with Gasteiger partial charge in [-0.1, -0.05) is 36.8 Å². The van der Waals surface area contributed by atoms with Crippen LogP contribution in [-0.4, -0.2) is 40.9 Å². The zero-order valence-electron chi connectivity index (χ0n) is 16.1. The van der Waals surface area contributed by atoms with Gasteiger partial charge in [0.1, 0.15) is 5.69 Å². The van der Waals surface area contributed by atoms with Crippen molar-refractivity contribution in [1.82, 2.24) is 15.1 Å². The highest BCUT2D eigenvalue weighted by Crippen LogP contribution is 2.35. The number of nitrogens with one attached hydrogen (secondary N) is 1. The number of fused-ring (bicyclic) bond motifs is 1. The highest BCUT2D eigenvalue weighted by atomic mass is 16.7. The van der Waals surface area contributed by atoms with Crippen LogP contribution in [0.2, 0.25) is 0 Å². The number of carbonyl (C=O) groups excluding carboxylic acids is 1. The number of carbonyl (C=O) groups is 1. The molecule has 1 fully saturated rings. The lowest BCUT2D eigenvalue weighted by molar-refractivity contribution is 0.0748. The van der Waals surface area contributed by atoms with Crippen LogP contribution >= 0.6 is 0 Å². The first-order valence-corrected chi connectivity index (χ1v) is 10.1. The number of benzene rings is 2. The van der Waals surface area contributed by atoms with Crippen molar-refractivity contribution in [3.63, 3.8) is 0 Å². The number of H-pyrrole nitrogens is 1. The van der Waals surface area contributed by atoms with Gasteiger partial charge in [-0.2, -0.15) is 5.10 Å². The van der Waals surface area contributed by atoms with Gasteiger partial charge in [0.05, 0.1) is 5.69 Å². The first-order chi connectivity index (χ1) is 14.3. The molecule has 148 valence electrons. The quantitative estimate of drug-likeness (QED) is 0.728. The lowest BCUT2D eigenvalue weighted by Gasteiger charge is -2.24. The molecule has 1 aromatic heterocycles. The van der Waals surface area contributed by atoms with Crippen molar-refractivity contribution in [2.75, 3.05) is 19.9 Å². The first-order valence-electron chi connectivity index (χ1n) is 10.1. The maximum Gasteiger partial charge on any atom is 0.271 e. The number of nitrogens with zero attached hydrogens (tertiary/aromatic N) is 2. The third-order valence-corrected chi connectivity index (χ3v) is 5.71. The second kappa shape index (κ2) is 7.62. The molecule has 5 rings (SSSR count). The van der Waals surface area contributed by atoms with E-state index in [2.05, 4.69) is 34.5 Å². The Hall–Kier alpha value is -3.28. The van der Waals surface area contributed by atoms with Crippen LogP contribution in [0.1, 0.15) is 41.2 Å². The van der Waals surface area contributed by atoms with E-state index in [4.69, 9.17) is 9.47 Å². The summed E-state index contributed by atoms with van der Waals surface area (Å²) in [6.45, 7) is 1.75. The number of hydrogen-bond donors (Lipinski definition) is 1. The third kappa shape index (κ3) is 3.58. The molecular formula is C23H23N3O3. The normalized spacial score (nSPS) is 18.5. The van der Waals surface area contributed by atoms with Crippen LogP contribution in [0.25, 0.3) is 11.3 Å². The summed E-state index contributed by atoms with van der Waals surface area (Å²) >= 11 is 0. The lowest BCUT2D eigenvalue weighted by Crippen LogP contribution is -2.34. The van der Waals surface area contributed by atoms with Gasteiger partial charge < -0.3 is 14.4 Å². The van der Waals surface area contributed by atoms with E-state index in [1.165, 1.54) is 5.56 Å². The van der Waals surface area contributed by atoms with Gasteiger partial charge in [-0.25, -0.2) is 0 Å². The molecule has 0 spiro atoms. The predicted molar refractivity (Wildman–Crippen MR) is 109 cm³/mol. The molecule has 0 saturated carbocycles. The van der Waals surface area contributed by atoms with Crippen molar-refractivity contribution in [2.24, 2.45) is 0 Å². The summed E-state index contributed by atoms with van der Waals surface area (Å²) in [6, 6.07) is 18.0. The Morgan fingerprint density at radius 2 is 1.90 bits per heavy atom. The molecule has 6 heteroatoms. The Morgan fingerprint density at radius 3 is 2.79 bits per heavy atom. The highest BCUT2D eigenvalue weighted by molar-refractivity contribution is 5.93. The van der Waals surface area contributed by atoms with E-state index in [-0.39, 0.29) is 12.7 Å². The van der Waals surface area contributed by atoms with Gasteiger partial charge in [0.2, 0.25) is 6.79 Å². The third-order valence-electron chi connectivity index (χ3n) is 5.71. The van der Waals surface area contributed by atoms with Gasteiger partial charge >= 0.3 is 0 Å². The van der Waals surface area contributed by atoms with Crippen LogP contribution < -0.4 is 9.47 Å². The summed E-state index contributed by atoms with van der Waals surface area (Å²) in [5.74, 6) is 1.82. The maximum absolute atomic E-state index is 13.2. The molecule has 1 saturated heterocycles. The van der Waals surface area contributed by atoms with Crippen LogP contribution in [0, 0.1) is 0 Å². The fourth-order valence-electron chi connectivity index (χ4n) is 4.13. The molecule has 2 aromatic carbocycles. The van der Waals surface area contributed by atoms with E-state index >= 15 is 0 Å². The molecule has 1 amide bonds. The van der Waals surface area contributed by atoms with Crippen LogP contribution in [0.5, 0.6) is 11.5 Å². The van der Waals surface area contributed by atoms with Crippen molar-refractivity contribution >= 4 is 5.91 Å². The Bertz CT molecular complexity index is 1020. The largest absolute Gasteiger partial charge is 0.454 e. The highest BCUT2D eigenvalue weighted by Gasteiger charge is 2.25. The number of hydrogen-bond acceptors (Lipinski definition) is 4. The number of ether oxygens (including phenoxy) is 2. The molecule has 1 atom stereocenters. The van der Waals surface area contributed by atoms with Crippen molar-refractivity contribution in [3.8, 4) is 22.8 Å². The minimum atomic E-state index is 0.00678. The van der Waals surface area contributed by atoms with Crippen molar-refractivity contribution < 1.29 is 14.3 Å². The first kappa shape index (κ1) is 17.8. The topological polar surface area (TPSA) is 67.5 Å². The molecule has 29 heavy (non-hydrogen) atoms. The summed E-state index contributed by atoms with van der Waals surface area (Å²) in [7, 11) is 0. The fraction of sp³-hybridized carbons (Fsp3) is 0.304. The maximum atomic E-state index is 13.2. The molecule has 0 radical (unpaired) electrons. The van der Waals surface area contributed by atoms with E-state index in [1.54, 1.807) is 0 Å². The molecule has 1 N–H and O–H groups in total. The SMILES string of the molecule is O=C(c1cc(-c2ccc3c(c2)OCO3)n[nH]1)N1CCCC[C@@H](c2ccccc2)C1. The van der Waals surface area contributed by atoms with Crippen molar-refractivity contribution in [2.45, 2.75) is 25.2 Å². The minimum absolute atomic E-state index is 0.00678. The summed E-state index contributed by atoms with van der Waals surface area (Å²) in [5, 5.41) is 7.29. The second-order valence-corrected chi connectivity index (χ2v) is 7.59. The van der Waals surface area contributed by atoms with E-state index in [1.807, 2.05) is 35.2 Å².